The standard InChI is InChI=1S/C10H16O3S2.C6H10S.C3H6OS2.CHCl3.2CH4.ClH.K.Na.H2O/c1-2-13-9(14)15-10(8(11)12)6-4-3-5-7-10;7-6-4-2-1-3-5-6;1-2-4-3(5)6;2-1(3)4;;;;;;/h2-7H2,1H3,(H,11,12);1-5H2;2H2,1H3,(H,5,6);1H;2*1H4;1H;;;1H2/q;;;;;;;2*+1;/p-2. The molecule has 0 radical (unpaired) electrons. The topological polar surface area (TPSA) is 85.8 Å². The predicted octanol–water partition coefficient (Wildman–Crippen LogP) is 3.52. The van der Waals surface area contributed by atoms with Gasteiger partial charge in [-0.1, -0.05) is 99.3 Å². The predicted molar refractivity (Wildman–Crippen MR) is 177 cm³/mol. The molecule has 2 fully saturated rings. The molecule has 0 aromatic rings. The summed E-state index contributed by atoms with van der Waals surface area (Å²) in [5.74, 6) is -0.755. The average molecular weight is 751 g/mol. The van der Waals surface area contributed by atoms with Crippen LogP contribution < -0.4 is 80.9 Å². The molecule has 0 aromatic carbocycles. The third kappa shape index (κ3) is 39.7. The van der Waals surface area contributed by atoms with Crippen LogP contribution in [0.3, 0.4) is 0 Å². The van der Waals surface area contributed by atoms with Crippen molar-refractivity contribution in [3.05, 3.63) is 0 Å². The zero-order valence-corrected chi connectivity index (χ0v) is 33.6. The Hall–Kier alpha value is 3.67. The summed E-state index contributed by atoms with van der Waals surface area (Å²) in [5.41, 5.74) is 0. The first kappa shape index (κ1) is 60.8. The summed E-state index contributed by atoms with van der Waals surface area (Å²) in [6, 6.07) is 0. The van der Waals surface area contributed by atoms with E-state index in [4.69, 9.17) is 64.0 Å². The van der Waals surface area contributed by atoms with Gasteiger partial charge in [-0.15, -0.1) is 12.4 Å². The van der Waals surface area contributed by atoms with Crippen molar-refractivity contribution in [2.24, 2.45) is 0 Å². The Balaban J connectivity index is -0.0000000561. The van der Waals surface area contributed by atoms with Crippen molar-refractivity contribution in [1.82, 2.24) is 0 Å². The van der Waals surface area contributed by atoms with Crippen LogP contribution in [-0.2, 0) is 26.9 Å². The Morgan fingerprint density at radius 1 is 1.00 bits per heavy atom. The molecule has 220 valence electrons. The van der Waals surface area contributed by atoms with Gasteiger partial charge in [-0.3, -0.25) is 4.79 Å². The summed E-state index contributed by atoms with van der Waals surface area (Å²) in [6.45, 7) is 4.78. The molecule has 0 bridgehead atoms. The van der Waals surface area contributed by atoms with Gasteiger partial charge in [-0.05, 0) is 69.5 Å². The summed E-state index contributed by atoms with van der Waals surface area (Å²) >= 11 is 34.4. The molecule has 0 spiro atoms. The van der Waals surface area contributed by atoms with Crippen molar-refractivity contribution in [1.29, 1.82) is 0 Å². The summed E-state index contributed by atoms with van der Waals surface area (Å²) < 4.78 is 8.83. The van der Waals surface area contributed by atoms with Gasteiger partial charge in [0, 0.05) is 4.38 Å². The van der Waals surface area contributed by atoms with Crippen LogP contribution in [-0.4, -0.2) is 52.4 Å². The molecule has 38 heavy (non-hydrogen) atoms. The molecule has 0 amide bonds. The average Bonchev–Trinajstić information content (AvgIpc) is 2.70. The third-order valence-corrected chi connectivity index (χ3v) is 6.54. The number of hydrogen-bond acceptors (Lipinski definition) is 9. The van der Waals surface area contributed by atoms with Crippen LogP contribution in [0.1, 0.15) is 92.9 Å². The molecule has 16 heteroatoms. The molecule has 2 saturated carbocycles. The second-order valence-corrected chi connectivity index (χ2v) is 12.2. The number of thiocarbonyl (C=S) groups is 3. The second-order valence-electron chi connectivity index (χ2n) is 6.67. The Labute approximate surface area is 343 Å². The number of alkyl halides is 3. The van der Waals surface area contributed by atoms with E-state index in [1.165, 1.54) is 48.7 Å². The number of hydrogen-bond donors (Lipinski definition) is 1. The Morgan fingerprint density at radius 2 is 1.37 bits per heavy atom. The van der Waals surface area contributed by atoms with E-state index in [9.17, 15) is 9.90 Å². The van der Waals surface area contributed by atoms with Crippen molar-refractivity contribution < 1.29 is 106 Å². The molecule has 2 N–H and O–H groups in total. The smallest absolute Gasteiger partial charge is 0.870 e. The van der Waals surface area contributed by atoms with Gasteiger partial charge in [0.2, 0.25) is 4.38 Å². The van der Waals surface area contributed by atoms with Crippen molar-refractivity contribution in [3.8, 4) is 0 Å². The summed E-state index contributed by atoms with van der Waals surface area (Å²) in [6.07, 6.45) is 11.0. The van der Waals surface area contributed by atoms with E-state index in [2.05, 4.69) is 29.6 Å². The summed E-state index contributed by atoms with van der Waals surface area (Å²) in [7, 11) is 0. The van der Waals surface area contributed by atoms with Gasteiger partial charge >= 0.3 is 86.9 Å². The monoisotopic (exact) mass is 748 g/mol. The fourth-order valence-electron chi connectivity index (χ4n) is 2.85. The van der Waals surface area contributed by atoms with Crippen LogP contribution in [0.15, 0.2) is 0 Å². The molecule has 0 aliphatic heterocycles. The number of aliphatic carboxylic acids is 1. The first-order chi connectivity index (χ1) is 15.0. The summed E-state index contributed by atoms with van der Waals surface area (Å²) in [5, 5.41) is 9.27. The van der Waals surface area contributed by atoms with Gasteiger partial charge in [0.1, 0.15) is 4.75 Å². The second kappa shape index (κ2) is 40.7. The molecule has 0 aromatic heterocycles. The molecular formula is C22H42Cl4KNaO5S5. The Morgan fingerprint density at radius 3 is 1.61 bits per heavy atom. The van der Waals surface area contributed by atoms with Crippen molar-refractivity contribution in [2.45, 2.75) is 102 Å². The van der Waals surface area contributed by atoms with E-state index in [-0.39, 0.29) is 118 Å². The van der Waals surface area contributed by atoms with E-state index in [0.29, 0.717) is 30.4 Å². The first-order valence-corrected chi connectivity index (χ1v) is 14.1. The van der Waals surface area contributed by atoms with E-state index in [1.807, 2.05) is 13.8 Å². The number of carboxylic acids is 1. The minimum Gasteiger partial charge on any atom is -0.870 e. The van der Waals surface area contributed by atoms with Crippen molar-refractivity contribution >= 4 is 128 Å². The van der Waals surface area contributed by atoms with Gasteiger partial charge in [-0.25, -0.2) is 0 Å². The normalized spacial score (nSPS) is 14.0. The van der Waals surface area contributed by atoms with Gasteiger partial charge in [0.05, 0.1) is 13.2 Å². The van der Waals surface area contributed by atoms with Gasteiger partial charge in [0.25, 0.3) is 0 Å². The fourth-order valence-corrected chi connectivity index (χ4v) is 5.05. The largest absolute Gasteiger partial charge is 1.00 e. The van der Waals surface area contributed by atoms with Crippen LogP contribution in [0.25, 0.3) is 0 Å². The SMILES string of the molecule is C.C.CCOC(=S)SC1(C(=O)O)CCCCC1.CCOC(=S)[S-].Cl.ClC(Cl)Cl.S=C1CCCCC1.[K+].[Na+].[OH-]. The molecule has 0 atom stereocenters. The molecule has 2 aliphatic rings. The summed E-state index contributed by atoms with van der Waals surface area (Å²) in [4.78, 5) is 12.6. The zero-order chi connectivity index (χ0) is 25.0. The third-order valence-electron chi connectivity index (χ3n) is 4.27. The molecule has 2 rings (SSSR count). The Kier molecular flexibility index (Phi) is 65.1. The van der Waals surface area contributed by atoms with Crippen molar-refractivity contribution in [3.63, 3.8) is 0 Å². The van der Waals surface area contributed by atoms with Gasteiger partial charge < -0.3 is 44.9 Å². The number of halogens is 4. The molecule has 0 unspecified atom stereocenters. The number of thioether (sulfide) groups is 1. The molecule has 5 nitrogen and oxygen atoms in total. The molecule has 0 heterocycles. The zero-order valence-electron chi connectivity index (χ0n) is 21.3. The maximum absolute atomic E-state index is 11.3. The number of ether oxygens (including phenoxy) is 2. The van der Waals surface area contributed by atoms with Crippen LogP contribution in [0.4, 0.5) is 0 Å². The van der Waals surface area contributed by atoms with Crippen molar-refractivity contribution in [2.75, 3.05) is 13.2 Å². The van der Waals surface area contributed by atoms with Crippen LogP contribution in [0.2, 0.25) is 0 Å². The van der Waals surface area contributed by atoms with Crippen LogP contribution >= 0.6 is 95.6 Å². The fraction of sp³-hybridized carbons (Fsp3) is 0.818. The van der Waals surface area contributed by atoms with E-state index in [0.717, 1.165) is 19.3 Å². The Bertz CT molecular complexity index is 569. The minimum absolute atomic E-state index is 0. The first-order valence-electron chi connectivity index (χ1n) is 10.4. The minimum atomic E-state index is -0.755. The maximum Gasteiger partial charge on any atom is 1.00 e. The number of rotatable bonds is 4. The molecular weight excluding hydrogens is 708 g/mol. The van der Waals surface area contributed by atoms with Crippen LogP contribution in [0, 0.1) is 0 Å². The quantitative estimate of drug-likeness (QED) is 0.200. The maximum atomic E-state index is 11.3. The number of carbonyl (C=O) groups is 1. The van der Waals surface area contributed by atoms with Gasteiger partial charge in [-0.2, -0.15) is 0 Å². The molecule has 0 saturated heterocycles. The van der Waals surface area contributed by atoms with E-state index < -0.39 is 15.0 Å². The van der Waals surface area contributed by atoms with Gasteiger partial charge in [0.15, 0.2) is 4.30 Å². The molecule has 2 aliphatic carbocycles. The van der Waals surface area contributed by atoms with E-state index in [1.54, 1.807) is 0 Å². The van der Waals surface area contributed by atoms with Crippen LogP contribution in [0.5, 0.6) is 0 Å². The van der Waals surface area contributed by atoms with E-state index >= 15 is 0 Å². The number of carboxylic acid groups (broad SMARTS) is 1.